The molecule has 3 aromatic carbocycles. The van der Waals surface area contributed by atoms with Crippen LogP contribution in [0.4, 0.5) is 5.69 Å². The third-order valence-corrected chi connectivity index (χ3v) is 8.69. The fourth-order valence-corrected chi connectivity index (χ4v) is 5.84. The Morgan fingerprint density at radius 2 is 1.71 bits per heavy atom. The largest absolute Gasteiger partial charge is 0.493 e. The van der Waals surface area contributed by atoms with Crippen molar-refractivity contribution in [2.24, 2.45) is 4.99 Å². The van der Waals surface area contributed by atoms with Crippen LogP contribution < -0.4 is 9.47 Å². The summed E-state index contributed by atoms with van der Waals surface area (Å²) in [6.07, 6.45) is 5.25. The van der Waals surface area contributed by atoms with Gasteiger partial charge in [0.05, 0.1) is 30.2 Å². The van der Waals surface area contributed by atoms with Crippen LogP contribution in [-0.4, -0.2) is 46.7 Å². The SMILES string of the molecule is C1COC1.CC.CC1CCC(Cc2ccc3cc2OCCCc2cc(CO)ccc2COc2cccc-3n2)=Nc2ccc(C(=O)O)cc21. The summed E-state index contributed by atoms with van der Waals surface area (Å²) in [5, 5.41) is 19.1. The van der Waals surface area contributed by atoms with Gasteiger partial charge in [-0.05, 0) is 96.2 Å². The van der Waals surface area contributed by atoms with Gasteiger partial charge in [0.25, 0.3) is 0 Å². The molecule has 48 heavy (non-hydrogen) atoms. The highest BCUT2D eigenvalue weighted by molar-refractivity contribution is 5.92. The minimum Gasteiger partial charge on any atom is -0.493 e. The van der Waals surface area contributed by atoms with Crippen molar-refractivity contribution in [2.45, 2.75) is 78.4 Å². The molecule has 2 N–H and O–H groups in total. The molecular formula is C40H46N2O6. The number of nitrogens with zero attached hydrogens (tertiary/aromatic N) is 2. The number of hydrogen-bond acceptors (Lipinski definition) is 7. The summed E-state index contributed by atoms with van der Waals surface area (Å²) in [5.41, 5.74) is 9.08. The number of carboxylic acids is 1. The lowest BCUT2D eigenvalue weighted by Crippen LogP contribution is -2.09. The lowest BCUT2D eigenvalue weighted by Gasteiger charge is -2.17. The molecule has 0 saturated carbocycles. The highest BCUT2D eigenvalue weighted by atomic mass is 16.5. The number of aliphatic hydroxyl groups excluding tert-OH is 1. The van der Waals surface area contributed by atoms with Gasteiger partial charge in [0.2, 0.25) is 5.88 Å². The van der Waals surface area contributed by atoms with Gasteiger partial charge >= 0.3 is 5.97 Å². The number of aryl methyl sites for hydroxylation is 1. The number of benzene rings is 3. The number of aromatic carboxylic acids is 1. The van der Waals surface area contributed by atoms with Crippen LogP contribution in [0.1, 0.15) is 90.5 Å². The Hall–Kier alpha value is -4.53. The van der Waals surface area contributed by atoms with E-state index in [9.17, 15) is 15.0 Å². The molecule has 0 amide bonds. The molecule has 0 aliphatic carbocycles. The number of ether oxygens (including phenoxy) is 3. The molecule has 252 valence electrons. The topological polar surface area (TPSA) is 110 Å². The summed E-state index contributed by atoms with van der Waals surface area (Å²) < 4.78 is 17.3. The van der Waals surface area contributed by atoms with Crippen LogP contribution in [0.25, 0.3) is 11.3 Å². The maximum absolute atomic E-state index is 11.5. The number of carboxylic acid groups (broad SMARTS) is 1. The average Bonchev–Trinajstić information content (AvgIpc) is 3.24. The molecule has 1 fully saturated rings. The Bertz CT molecular complexity index is 1730. The molecule has 7 rings (SSSR count). The Labute approximate surface area is 283 Å². The average molecular weight is 651 g/mol. The van der Waals surface area contributed by atoms with Gasteiger partial charge < -0.3 is 24.4 Å². The highest BCUT2D eigenvalue weighted by Crippen LogP contribution is 2.36. The molecule has 4 heterocycles. The van der Waals surface area contributed by atoms with E-state index in [-0.39, 0.29) is 12.5 Å². The number of fused-ring (bicyclic) bond motifs is 7. The quantitative estimate of drug-likeness (QED) is 0.228. The van der Waals surface area contributed by atoms with E-state index in [1.165, 1.54) is 6.42 Å². The van der Waals surface area contributed by atoms with E-state index in [4.69, 9.17) is 24.2 Å². The summed E-state index contributed by atoms with van der Waals surface area (Å²) in [7, 11) is 0. The second-order valence-electron chi connectivity index (χ2n) is 12.0. The van der Waals surface area contributed by atoms with Crippen molar-refractivity contribution in [1.82, 2.24) is 4.98 Å². The van der Waals surface area contributed by atoms with E-state index in [1.54, 1.807) is 12.1 Å². The van der Waals surface area contributed by atoms with Crippen LogP contribution in [0, 0.1) is 0 Å². The first-order chi connectivity index (χ1) is 23.5. The maximum Gasteiger partial charge on any atom is 0.335 e. The van der Waals surface area contributed by atoms with E-state index in [1.807, 2.05) is 56.3 Å². The molecule has 3 aliphatic heterocycles. The summed E-state index contributed by atoms with van der Waals surface area (Å²) in [5.74, 6) is 0.658. The number of carbonyl (C=O) groups is 1. The number of aliphatic hydroxyl groups is 1. The maximum atomic E-state index is 11.5. The standard InChI is InChI=1S/C35H34N2O5.C3H6O.C2H6/c1-22-7-13-29(36-32-14-12-27(35(39)40)18-30(22)32)17-26-11-10-25-19-33(26)41-15-3-4-24-16-23(20-38)8-9-28(24)21-42-34-6-2-5-31(25)37-34;1-2-4-3-1;1-2/h2,5-6,8-12,14,16,18-19,22,38H,3-4,7,13,15,17,20-21H2,1H3,(H,39,40);1-3H2;1-2H3. The minimum absolute atomic E-state index is 0.00174. The molecule has 8 nitrogen and oxygen atoms in total. The van der Waals surface area contributed by atoms with Gasteiger partial charge in [0.1, 0.15) is 12.4 Å². The van der Waals surface area contributed by atoms with Crippen molar-refractivity contribution in [1.29, 1.82) is 0 Å². The number of aliphatic imine (C=N–C) groups is 1. The molecule has 1 saturated heterocycles. The van der Waals surface area contributed by atoms with Gasteiger partial charge in [-0.1, -0.05) is 57.2 Å². The number of pyridine rings is 1. The molecule has 0 spiro atoms. The Balaban J connectivity index is 0.000000689. The minimum atomic E-state index is -0.921. The van der Waals surface area contributed by atoms with Crippen molar-refractivity contribution in [2.75, 3.05) is 19.8 Å². The van der Waals surface area contributed by atoms with Gasteiger partial charge in [-0.2, -0.15) is 0 Å². The molecule has 8 heteroatoms. The first-order valence-corrected chi connectivity index (χ1v) is 17.1. The lowest BCUT2D eigenvalue weighted by atomic mass is 9.93. The van der Waals surface area contributed by atoms with Crippen molar-refractivity contribution in [3.8, 4) is 22.9 Å². The smallest absolute Gasteiger partial charge is 0.335 e. The van der Waals surface area contributed by atoms with Gasteiger partial charge in [0, 0.05) is 37.0 Å². The number of aromatic nitrogens is 1. The van der Waals surface area contributed by atoms with E-state index < -0.39 is 5.97 Å². The normalized spacial score (nSPS) is 16.5. The lowest BCUT2D eigenvalue weighted by molar-refractivity contribution is 0.0367. The third kappa shape index (κ3) is 8.88. The van der Waals surface area contributed by atoms with Gasteiger partial charge in [0.15, 0.2) is 0 Å². The monoisotopic (exact) mass is 650 g/mol. The van der Waals surface area contributed by atoms with Crippen LogP contribution in [0.5, 0.6) is 11.6 Å². The van der Waals surface area contributed by atoms with E-state index in [2.05, 4.69) is 25.1 Å². The first kappa shape index (κ1) is 34.8. The van der Waals surface area contributed by atoms with E-state index in [0.717, 1.165) is 95.1 Å². The number of hydrogen-bond donors (Lipinski definition) is 2. The van der Waals surface area contributed by atoms with Crippen LogP contribution in [-0.2, 0) is 30.8 Å². The van der Waals surface area contributed by atoms with Crippen molar-refractivity contribution < 1.29 is 29.2 Å². The van der Waals surface area contributed by atoms with Crippen LogP contribution in [0.2, 0.25) is 0 Å². The van der Waals surface area contributed by atoms with Crippen LogP contribution in [0.3, 0.4) is 0 Å². The molecule has 1 aromatic heterocycles. The molecule has 1 atom stereocenters. The zero-order chi connectivity index (χ0) is 33.9. The molecule has 3 aliphatic rings. The molecule has 4 aromatic rings. The Kier molecular flexibility index (Phi) is 12.4. The van der Waals surface area contributed by atoms with Crippen molar-refractivity contribution >= 4 is 17.4 Å². The fraction of sp³-hybridized carbons (Fsp3) is 0.375. The zero-order valence-electron chi connectivity index (χ0n) is 28.2. The second kappa shape index (κ2) is 17.0. The summed E-state index contributed by atoms with van der Waals surface area (Å²) >= 11 is 0. The molecule has 4 bridgehead atoms. The molecular weight excluding hydrogens is 604 g/mol. The van der Waals surface area contributed by atoms with E-state index in [0.29, 0.717) is 31.1 Å². The van der Waals surface area contributed by atoms with Crippen LogP contribution >= 0.6 is 0 Å². The predicted octanol–water partition coefficient (Wildman–Crippen LogP) is 8.49. The fourth-order valence-electron chi connectivity index (χ4n) is 5.84. The van der Waals surface area contributed by atoms with Gasteiger partial charge in [-0.15, -0.1) is 0 Å². The molecule has 1 unspecified atom stereocenters. The Morgan fingerprint density at radius 3 is 2.46 bits per heavy atom. The summed E-state index contributed by atoms with van der Waals surface area (Å²) in [6, 6.07) is 23.2. The van der Waals surface area contributed by atoms with Gasteiger partial charge in [-0.3, -0.25) is 4.99 Å². The first-order valence-electron chi connectivity index (χ1n) is 17.1. The van der Waals surface area contributed by atoms with Gasteiger partial charge in [-0.25, -0.2) is 9.78 Å². The van der Waals surface area contributed by atoms with Crippen molar-refractivity contribution in [3.05, 3.63) is 106 Å². The van der Waals surface area contributed by atoms with E-state index >= 15 is 0 Å². The second-order valence-corrected chi connectivity index (χ2v) is 12.0. The van der Waals surface area contributed by atoms with Crippen LogP contribution in [0.15, 0.2) is 77.8 Å². The van der Waals surface area contributed by atoms with Crippen molar-refractivity contribution in [3.63, 3.8) is 0 Å². The third-order valence-electron chi connectivity index (χ3n) is 8.69. The molecule has 0 radical (unpaired) electrons. The predicted molar refractivity (Wildman–Crippen MR) is 189 cm³/mol. The number of rotatable bonds is 4. The summed E-state index contributed by atoms with van der Waals surface area (Å²) in [6.45, 7) is 9.08. The highest BCUT2D eigenvalue weighted by Gasteiger charge is 2.20. The Morgan fingerprint density at radius 1 is 0.896 bits per heavy atom. The summed E-state index contributed by atoms with van der Waals surface area (Å²) in [4.78, 5) is 21.3. The zero-order valence-corrected chi connectivity index (χ0v) is 28.2.